The van der Waals surface area contributed by atoms with Crippen LogP contribution in [0.25, 0.3) is 11.0 Å². The van der Waals surface area contributed by atoms with Crippen LogP contribution in [0.2, 0.25) is 0 Å². The van der Waals surface area contributed by atoms with Crippen molar-refractivity contribution in [3.05, 3.63) is 40.8 Å². The number of H-pyrrole nitrogens is 2. The second-order valence-corrected chi connectivity index (χ2v) is 5.93. The molecule has 7 heteroatoms. The number of aromatic nitrogens is 2. The average molecular weight is 329 g/mol. The van der Waals surface area contributed by atoms with E-state index in [0.717, 1.165) is 12.8 Å². The van der Waals surface area contributed by atoms with Crippen molar-refractivity contribution in [2.75, 3.05) is 5.32 Å². The van der Waals surface area contributed by atoms with Crippen LogP contribution in [-0.2, 0) is 14.3 Å². The van der Waals surface area contributed by atoms with E-state index in [1.54, 1.807) is 18.2 Å². The van der Waals surface area contributed by atoms with Gasteiger partial charge in [0.25, 0.3) is 5.91 Å². The number of anilines is 1. The second-order valence-electron chi connectivity index (χ2n) is 5.93. The van der Waals surface area contributed by atoms with Gasteiger partial charge in [0.2, 0.25) is 0 Å². The van der Waals surface area contributed by atoms with Gasteiger partial charge >= 0.3 is 11.7 Å². The molecule has 0 radical (unpaired) electrons. The fourth-order valence-corrected chi connectivity index (χ4v) is 2.73. The van der Waals surface area contributed by atoms with Gasteiger partial charge in [0.1, 0.15) is 0 Å². The number of rotatable bonds is 5. The third-order valence-electron chi connectivity index (χ3n) is 4.00. The van der Waals surface area contributed by atoms with Gasteiger partial charge in [-0.05, 0) is 43.9 Å². The number of amides is 1. The highest BCUT2D eigenvalue weighted by molar-refractivity contribution is 5.96. The lowest BCUT2D eigenvalue weighted by atomic mass is 10.1. The van der Waals surface area contributed by atoms with Gasteiger partial charge in [-0.2, -0.15) is 0 Å². The molecule has 0 fully saturated rings. The molecule has 2 aromatic rings. The third kappa shape index (κ3) is 3.73. The zero-order valence-electron chi connectivity index (χ0n) is 13.3. The molecule has 0 spiro atoms. The van der Waals surface area contributed by atoms with E-state index >= 15 is 0 Å². The van der Waals surface area contributed by atoms with Crippen molar-refractivity contribution in [3.8, 4) is 0 Å². The number of benzene rings is 1. The summed E-state index contributed by atoms with van der Waals surface area (Å²) >= 11 is 0. The Morgan fingerprint density at radius 2 is 2.12 bits per heavy atom. The molecule has 0 bridgehead atoms. The van der Waals surface area contributed by atoms with E-state index < -0.39 is 12.0 Å². The molecule has 3 N–H and O–H groups in total. The largest absolute Gasteiger partial charge is 0.453 e. The van der Waals surface area contributed by atoms with Gasteiger partial charge in [-0.25, -0.2) is 4.79 Å². The number of carbonyl (C=O) groups excluding carboxylic acids is 2. The van der Waals surface area contributed by atoms with Gasteiger partial charge < -0.3 is 20.0 Å². The molecule has 1 aliphatic rings. The van der Waals surface area contributed by atoms with Crippen LogP contribution in [0.5, 0.6) is 0 Å². The highest BCUT2D eigenvalue weighted by Gasteiger charge is 2.21. The Labute approximate surface area is 138 Å². The van der Waals surface area contributed by atoms with Crippen LogP contribution < -0.4 is 11.0 Å². The zero-order valence-corrected chi connectivity index (χ0v) is 13.3. The maximum atomic E-state index is 12.1. The lowest BCUT2D eigenvalue weighted by Crippen LogP contribution is -2.30. The number of carbonyl (C=O) groups is 2. The molecule has 1 aliphatic carbocycles. The molecule has 0 saturated heterocycles. The quantitative estimate of drug-likeness (QED) is 0.577. The van der Waals surface area contributed by atoms with Crippen LogP contribution >= 0.6 is 0 Å². The first-order valence-electron chi connectivity index (χ1n) is 7.90. The summed E-state index contributed by atoms with van der Waals surface area (Å²) < 4.78 is 5.19. The van der Waals surface area contributed by atoms with Crippen molar-refractivity contribution < 1.29 is 14.3 Å². The molecular weight excluding hydrogens is 310 g/mol. The predicted molar refractivity (Wildman–Crippen MR) is 89.6 cm³/mol. The molecule has 0 unspecified atom stereocenters. The van der Waals surface area contributed by atoms with Crippen molar-refractivity contribution in [2.45, 2.75) is 32.3 Å². The van der Waals surface area contributed by atoms with E-state index in [-0.39, 0.29) is 17.6 Å². The summed E-state index contributed by atoms with van der Waals surface area (Å²) in [5.74, 6) is -0.581. The summed E-state index contributed by atoms with van der Waals surface area (Å²) in [6.45, 7) is 1.54. The fraction of sp³-hybridized carbons (Fsp3) is 0.353. The molecule has 7 nitrogen and oxygen atoms in total. The molecule has 3 rings (SSSR count). The average Bonchev–Trinajstić information content (AvgIpc) is 3.14. The molecule has 0 aliphatic heterocycles. The fourth-order valence-electron chi connectivity index (χ4n) is 2.73. The van der Waals surface area contributed by atoms with Crippen LogP contribution in [0.4, 0.5) is 5.69 Å². The number of hydrogen-bond donors (Lipinski definition) is 3. The maximum absolute atomic E-state index is 12.1. The van der Waals surface area contributed by atoms with Gasteiger partial charge in [-0.15, -0.1) is 0 Å². The van der Waals surface area contributed by atoms with Gasteiger partial charge in [-0.3, -0.25) is 9.59 Å². The maximum Gasteiger partial charge on any atom is 0.323 e. The number of nitrogens with one attached hydrogen (secondary N) is 3. The molecule has 0 saturated carbocycles. The lowest BCUT2D eigenvalue weighted by molar-refractivity contribution is -0.153. The minimum Gasteiger partial charge on any atom is -0.453 e. The number of esters is 1. The van der Waals surface area contributed by atoms with Crippen LogP contribution in [0.15, 0.2) is 35.1 Å². The number of imidazole rings is 1. The van der Waals surface area contributed by atoms with E-state index in [4.69, 9.17) is 4.74 Å². The van der Waals surface area contributed by atoms with Gasteiger partial charge in [-0.1, -0.05) is 12.2 Å². The second kappa shape index (κ2) is 6.74. The molecular formula is C17H19N3O4. The minimum atomic E-state index is -0.885. The SMILES string of the molecule is C[C@@H](OC(=O)C[C@H]1C=CCC1)C(=O)Nc1ccc2[nH]c(=O)[nH]c2c1. The summed E-state index contributed by atoms with van der Waals surface area (Å²) in [5, 5.41) is 2.68. The third-order valence-corrected chi connectivity index (χ3v) is 4.00. The van der Waals surface area contributed by atoms with Crippen molar-refractivity contribution in [1.82, 2.24) is 9.97 Å². The molecule has 1 aromatic heterocycles. The monoisotopic (exact) mass is 329 g/mol. The Morgan fingerprint density at radius 3 is 2.88 bits per heavy atom. The first kappa shape index (κ1) is 16.0. The van der Waals surface area contributed by atoms with E-state index in [1.807, 2.05) is 6.08 Å². The number of fused-ring (bicyclic) bond motifs is 1. The number of allylic oxidation sites excluding steroid dienone is 2. The number of ether oxygens (including phenoxy) is 1. The van der Waals surface area contributed by atoms with Crippen LogP contribution in [0, 0.1) is 5.92 Å². The number of aromatic amines is 2. The van der Waals surface area contributed by atoms with Crippen LogP contribution in [0.3, 0.4) is 0 Å². The van der Waals surface area contributed by atoms with Crippen molar-refractivity contribution in [3.63, 3.8) is 0 Å². The molecule has 126 valence electrons. The highest BCUT2D eigenvalue weighted by atomic mass is 16.5. The standard InChI is InChI=1S/C17H19N3O4/c1-10(24-15(21)8-11-4-2-3-5-11)16(22)18-12-6-7-13-14(9-12)20-17(23)19-13/h2,4,6-7,9-11H,3,5,8H2,1H3,(H,18,22)(H2,19,20,23)/t10-,11+/m1/s1. The van der Waals surface area contributed by atoms with Gasteiger partial charge in [0, 0.05) is 5.69 Å². The normalized spacial score (nSPS) is 17.8. The van der Waals surface area contributed by atoms with Crippen molar-refractivity contribution >= 4 is 28.6 Å². The Balaban J connectivity index is 1.57. The molecule has 24 heavy (non-hydrogen) atoms. The lowest BCUT2D eigenvalue weighted by Gasteiger charge is -2.14. The van der Waals surface area contributed by atoms with E-state index in [9.17, 15) is 14.4 Å². The Bertz CT molecular complexity index is 849. The van der Waals surface area contributed by atoms with Gasteiger partial charge in [0.15, 0.2) is 6.10 Å². The number of hydrogen-bond acceptors (Lipinski definition) is 4. The molecule has 2 atom stereocenters. The summed E-state index contributed by atoms with van der Waals surface area (Å²) in [6, 6.07) is 5.00. The molecule has 1 heterocycles. The topological polar surface area (TPSA) is 104 Å². The predicted octanol–water partition coefficient (Wildman–Crippen LogP) is 2.08. The highest BCUT2D eigenvalue weighted by Crippen LogP contribution is 2.21. The molecule has 1 aromatic carbocycles. The van der Waals surface area contributed by atoms with Crippen LogP contribution in [0.1, 0.15) is 26.2 Å². The van der Waals surface area contributed by atoms with E-state index in [0.29, 0.717) is 23.1 Å². The minimum absolute atomic E-state index is 0.209. The summed E-state index contributed by atoms with van der Waals surface area (Å²) in [6.07, 6.45) is 5.41. The first-order chi connectivity index (χ1) is 11.5. The van der Waals surface area contributed by atoms with Crippen LogP contribution in [-0.4, -0.2) is 27.9 Å². The van der Waals surface area contributed by atoms with Crippen molar-refractivity contribution in [2.24, 2.45) is 5.92 Å². The summed E-state index contributed by atoms with van der Waals surface area (Å²) in [5.41, 5.74) is 1.46. The van der Waals surface area contributed by atoms with E-state index in [2.05, 4.69) is 21.4 Å². The summed E-state index contributed by atoms with van der Waals surface area (Å²) in [7, 11) is 0. The van der Waals surface area contributed by atoms with E-state index in [1.165, 1.54) is 6.92 Å². The summed E-state index contributed by atoms with van der Waals surface area (Å²) in [4.78, 5) is 40.5. The molecule has 1 amide bonds. The first-order valence-corrected chi connectivity index (χ1v) is 7.90. The van der Waals surface area contributed by atoms with Gasteiger partial charge in [0.05, 0.1) is 17.5 Å². The smallest absolute Gasteiger partial charge is 0.323 e. The Morgan fingerprint density at radius 1 is 1.33 bits per heavy atom. The zero-order chi connectivity index (χ0) is 17.1. The van der Waals surface area contributed by atoms with Crippen molar-refractivity contribution in [1.29, 1.82) is 0 Å². The Hall–Kier alpha value is -2.83. The Kier molecular flexibility index (Phi) is 4.50.